The number of hydrogen-bond acceptors (Lipinski definition) is 3. The number of fused-ring (bicyclic) bond motifs is 1. The van der Waals surface area contributed by atoms with Gasteiger partial charge in [-0.2, -0.15) is 0 Å². The van der Waals surface area contributed by atoms with Gasteiger partial charge in [0, 0.05) is 12.6 Å². The Bertz CT molecular complexity index is 1120. The molecule has 6 nitrogen and oxygen atoms in total. The molecule has 2 amide bonds. The van der Waals surface area contributed by atoms with Crippen LogP contribution in [-0.4, -0.2) is 32.9 Å². The molecule has 3 aromatic rings. The van der Waals surface area contributed by atoms with Gasteiger partial charge >= 0.3 is 0 Å². The van der Waals surface area contributed by atoms with Crippen molar-refractivity contribution in [2.75, 3.05) is 0 Å². The number of amides is 2. The van der Waals surface area contributed by atoms with Crippen LogP contribution in [-0.2, 0) is 17.9 Å². The van der Waals surface area contributed by atoms with Gasteiger partial charge in [-0.25, -0.2) is 0 Å². The van der Waals surface area contributed by atoms with Crippen molar-refractivity contribution < 1.29 is 14.0 Å². The topological polar surface area (TPSA) is 67.5 Å². The summed E-state index contributed by atoms with van der Waals surface area (Å²) >= 11 is 0. The lowest BCUT2D eigenvalue weighted by atomic mass is 9.93. The number of nitrogens with zero attached hydrogens (tertiary/aromatic N) is 2. The van der Waals surface area contributed by atoms with Crippen LogP contribution in [0, 0.1) is 6.92 Å². The van der Waals surface area contributed by atoms with Gasteiger partial charge in [0.05, 0.1) is 18.5 Å². The molecule has 2 aliphatic rings. The monoisotopic (exact) mass is 431 g/mol. The van der Waals surface area contributed by atoms with Crippen molar-refractivity contribution in [3.8, 4) is 11.5 Å². The standard InChI is InChI=1S/C26H29N3O3/c1-18-9-11-19(12-10-18)16-29-24(30)22-14-13-21(23-8-5-15-32-23)28(22)17-26(29,2)25(31)27-20-6-3-4-7-20/h5,8-15,20H,3-4,6-7,16-17H2,1-2H3,(H,27,31)/t26-/m0/s1. The van der Waals surface area contributed by atoms with E-state index < -0.39 is 5.54 Å². The third kappa shape index (κ3) is 3.53. The lowest BCUT2D eigenvalue weighted by Crippen LogP contribution is -2.64. The number of carbonyl (C=O) groups is 2. The molecule has 0 radical (unpaired) electrons. The SMILES string of the molecule is Cc1ccc(CN2C(=O)c3ccc(-c4ccco4)n3C[C@@]2(C)C(=O)NC2CCCC2)cc1. The number of aryl methyl sites for hydroxylation is 1. The second-order valence-corrected chi connectivity index (χ2v) is 9.27. The van der Waals surface area contributed by atoms with E-state index >= 15 is 0 Å². The summed E-state index contributed by atoms with van der Waals surface area (Å²) in [5, 5.41) is 3.24. The number of nitrogens with one attached hydrogen (secondary N) is 1. The van der Waals surface area contributed by atoms with Gasteiger partial charge in [0.25, 0.3) is 5.91 Å². The lowest BCUT2D eigenvalue weighted by Gasteiger charge is -2.44. The van der Waals surface area contributed by atoms with Crippen molar-refractivity contribution in [2.45, 2.75) is 64.2 Å². The highest BCUT2D eigenvalue weighted by atomic mass is 16.3. The molecular weight excluding hydrogens is 402 g/mol. The fourth-order valence-corrected chi connectivity index (χ4v) is 4.95. The molecule has 2 aromatic heterocycles. The van der Waals surface area contributed by atoms with Crippen LogP contribution in [0.15, 0.2) is 59.2 Å². The Morgan fingerprint density at radius 2 is 1.81 bits per heavy atom. The molecule has 6 heteroatoms. The Morgan fingerprint density at radius 1 is 1.09 bits per heavy atom. The summed E-state index contributed by atoms with van der Waals surface area (Å²) in [6.07, 6.45) is 5.89. The highest BCUT2D eigenvalue weighted by molar-refractivity contribution is 6.00. The number of carbonyl (C=O) groups excluding carboxylic acids is 2. The van der Waals surface area contributed by atoms with Crippen molar-refractivity contribution in [1.82, 2.24) is 14.8 Å². The van der Waals surface area contributed by atoms with Gasteiger partial charge in [-0.15, -0.1) is 0 Å². The first kappa shape index (κ1) is 20.6. The number of benzene rings is 1. The van der Waals surface area contributed by atoms with E-state index in [1.807, 2.05) is 66.9 Å². The summed E-state index contributed by atoms with van der Waals surface area (Å²) in [6, 6.07) is 15.8. The Morgan fingerprint density at radius 3 is 2.50 bits per heavy atom. The van der Waals surface area contributed by atoms with E-state index in [2.05, 4.69) is 5.32 Å². The minimum atomic E-state index is -1.02. The minimum absolute atomic E-state index is 0.0883. The van der Waals surface area contributed by atoms with Crippen molar-refractivity contribution >= 4 is 11.8 Å². The zero-order valence-corrected chi connectivity index (χ0v) is 18.6. The van der Waals surface area contributed by atoms with E-state index in [1.165, 1.54) is 0 Å². The molecule has 0 spiro atoms. The highest BCUT2D eigenvalue weighted by Crippen LogP contribution is 2.34. The summed E-state index contributed by atoms with van der Waals surface area (Å²) in [6.45, 7) is 4.69. The average Bonchev–Trinajstić information content (AvgIpc) is 3.54. The van der Waals surface area contributed by atoms with Gasteiger partial charge in [-0.3, -0.25) is 9.59 Å². The van der Waals surface area contributed by atoms with Crippen molar-refractivity contribution in [3.05, 3.63) is 71.6 Å². The Kier molecular flexibility index (Phi) is 5.16. The minimum Gasteiger partial charge on any atom is -0.463 e. The summed E-state index contributed by atoms with van der Waals surface area (Å²) in [4.78, 5) is 29.1. The van der Waals surface area contributed by atoms with Crippen LogP contribution in [0.2, 0.25) is 0 Å². The first-order valence-electron chi connectivity index (χ1n) is 11.4. The van der Waals surface area contributed by atoms with E-state index in [4.69, 9.17) is 4.42 Å². The van der Waals surface area contributed by atoms with Gasteiger partial charge in [-0.1, -0.05) is 42.7 Å². The largest absolute Gasteiger partial charge is 0.463 e. The highest BCUT2D eigenvalue weighted by Gasteiger charge is 2.48. The molecule has 0 bridgehead atoms. The zero-order valence-electron chi connectivity index (χ0n) is 18.6. The van der Waals surface area contributed by atoms with Gasteiger partial charge in [0.1, 0.15) is 17.0 Å². The Balaban J connectivity index is 1.54. The number of furan rings is 1. The molecule has 5 rings (SSSR count). The molecule has 166 valence electrons. The first-order chi connectivity index (χ1) is 15.5. The van der Waals surface area contributed by atoms with E-state index in [0.717, 1.165) is 42.5 Å². The predicted octanol–water partition coefficient (Wildman–Crippen LogP) is 4.53. The van der Waals surface area contributed by atoms with E-state index in [1.54, 1.807) is 11.2 Å². The fourth-order valence-electron chi connectivity index (χ4n) is 4.95. The second-order valence-electron chi connectivity index (χ2n) is 9.27. The molecule has 32 heavy (non-hydrogen) atoms. The third-order valence-corrected chi connectivity index (χ3v) is 6.92. The van der Waals surface area contributed by atoms with Crippen molar-refractivity contribution in [3.63, 3.8) is 0 Å². The quantitative estimate of drug-likeness (QED) is 0.645. The summed E-state index contributed by atoms with van der Waals surface area (Å²) in [5.41, 5.74) is 2.55. The summed E-state index contributed by atoms with van der Waals surface area (Å²) in [5.74, 6) is 0.461. The molecule has 3 heterocycles. The predicted molar refractivity (Wildman–Crippen MR) is 122 cm³/mol. The molecule has 1 saturated carbocycles. The molecule has 1 fully saturated rings. The van der Waals surface area contributed by atoms with Crippen LogP contribution >= 0.6 is 0 Å². The van der Waals surface area contributed by atoms with Crippen LogP contribution in [0.25, 0.3) is 11.5 Å². The van der Waals surface area contributed by atoms with E-state index in [9.17, 15) is 9.59 Å². The van der Waals surface area contributed by atoms with Crippen molar-refractivity contribution in [2.24, 2.45) is 0 Å². The number of rotatable bonds is 5. The maximum atomic E-state index is 13.7. The zero-order chi connectivity index (χ0) is 22.3. The van der Waals surface area contributed by atoms with Crippen LogP contribution < -0.4 is 5.32 Å². The second kappa shape index (κ2) is 8.01. The van der Waals surface area contributed by atoms with Gasteiger partial charge in [-0.05, 0) is 56.5 Å². The van der Waals surface area contributed by atoms with E-state index in [0.29, 0.717) is 24.5 Å². The molecular formula is C26H29N3O3. The van der Waals surface area contributed by atoms with Crippen LogP contribution in [0.5, 0.6) is 0 Å². The molecule has 0 unspecified atom stereocenters. The van der Waals surface area contributed by atoms with Gasteiger partial charge in [0.2, 0.25) is 5.91 Å². The number of hydrogen-bond donors (Lipinski definition) is 1. The van der Waals surface area contributed by atoms with E-state index in [-0.39, 0.29) is 17.9 Å². The lowest BCUT2D eigenvalue weighted by molar-refractivity contribution is -0.133. The normalized spacial score (nSPS) is 21.1. The molecule has 1 aromatic carbocycles. The molecule has 1 aliphatic carbocycles. The average molecular weight is 432 g/mol. The smallest absolute Gasteiger partial charge is 0.271 e. The van der Waals surface area contributed by atoms with Crippen molar-refractivity contribution in [1.29, 1.82) is 0 Å². The molecule has 0 saturated heterocycles. The summed E-state index contributed by atoms with van der Waals surface area (Å²) < 4.78 is 7.53. The first-order valence-corrected chi connectivity index (χ1v) is 11.4. The van der Waals surface area contributed by atoms with Gasteiger partial charge < -0.3 is 19.2 Å². The fraction of sp³-hybridized carbons (Fsp3) is 0.385. The summed E-state index contributed by atoms with van der Waals surface area (Å²) in [7, 11) is 0. The third-order valence-electron chi connectivity index (χ3n) is 6.92. The van der Waals surface area contributed by atoms with Crippen LogP contribution in [0.4, 0.5) is 0 Å². The van der Waals surface area contributed by atoms with Gasteiger partial charge in [0.15, 0.2) is 0 Å². The Labute approximate surface area is 188 Å². The van der Waals surface area contributed by atoms with Crippen LogP contribution in [0.3, 0.4) is 0 Å². The molecule has 1 N–H and O–H groups in total. The maximum absolute atomic E-state index is 13.7. The molecule has 1 aliphatic heterocycles. The molecule has 1 atom stereocenters. The number of aromatic nitrogens is 1. The van der Waals surface area contributed by atoms with Crippen LogP contribution in [0.1, 0.15) is 54.2 Å². The Hall–Kier alpha value is -3.28. The maximum Gasteiger partial charge on any atom is 0.271 e.